The minimum absolute atomic E-state index is 0.228. The SMILES string of the molecule is COc1cccc2[nH]nc(NS(=O)(=O)c3cccs3)c12. The van der Waals surface area contributed by atoms with Crippen molar-refractivity contribution in [2.75, 3.05) is 11.8 Å². The average molecular weight is 309 g/mol. The van der Waals surface area contributed by atoms with Gasteiger partial charge in [0.1, 0.15) is 9.96 Å². The largest absolute Gasteiger partial charge is 0.496 e. The fourth-order valence-electron chi connectivity index (χ4n) is 1.88. The summed E-state index contributed by atoms with van der Waals surface area (Å²) in [6.07, 6.45) is 0. The summed E-state index contributed by atoms with van der Waals surface area (Å²) in [6.45, 7) is 0. The van der Waals surface area contributed by atoms with Gasteiger partial charge in [-0.25, -0.2) is 8.42 Å². The first-order chi connectivity index (χ1) is 9.62. The molecule has 20 heavy (non-hydrogen) atoms. The fourth-order valence-corrected chi connectivity index (χ4v) is 3.89. The number of anilines is 1. The van der Waals surface area contributed by atoms with Crippen molar-refractivity contribution < 1.29 is 13.2 Å². The van der Waals surface area contributed by atoms with Crippen molar-refractivity contribution in [3.63, 3.8) is 0 Å². The maximum absolute atomic E-state index is 12.2. The van der Waals surface area contributed by atoms with Gasteiger partial charge in [0.05, 0.1) is 18.0 Å². The van der Waals surface area contributed by atoms with Crippen LogP contribution in [-0.4, -0.2) is 25.7 Å². The highest BCUT2D eigenvalue weighted by molar-refractivity contribution is 7.94. The first-order valence-corrected chi connectivity index (χ1v) is 8.05. The molecule has 0 radical (unpaired) electrons. The normalized spacial score (nSPS) is 11.7. The van der Waals surface area contributed by atoms with E-state index in [1.165, 1.54) is 7.11 Å². The van der Waals surface area contributed by atoms with Crippen LogP contribution in [-0.2, 0) is 10.0 Å². The molecule has 0 aliphatic carbocycles. The van der Waals surface area contributed by atoms with Crippen LogP contribution in [0.15, 0.2) is 39.9 Å². The number of sulfonamides is 1. The molecule has 0 saturated heterocycles. The molecule has 2 aromatic heterocycles. The summed E-state index contributed by atoms with van der Waals surface area (Å²) in [5, 5.41) is 9.10. The Bertz CT molecular complexity index is 838. The molecule has 3 rings (SSSR count). The second-order valence-corrected chi connectivity index (χ2v) is 6.85. The zero-order valence-electron chi connectivity index (χ0n) is 10.5. The molecule has 0 atom stereocenters. The van der Waals surface area contributed by atoms with Crippen LogP contribution in [0.1, 0.15) is 0 Å². The van der Waals surface area contributed by atoms with E-state index in [0.29, 0.717) is 16.7 Å². The number of nitrogens with one attached hydrogen (secondary N) is 2. The molecule has 0 aliphatic rings. The first-order valence-electron chi connectivity index (χ1n) is 5.69. The summed E-state index contributed by atoms with van der Waals surface area (Å²) in [5.41, 5.74) is 0.702. The molecular weight excluding hydrogens is 298 g/mol. The van der Waals surface area contributed by atoms with Crippen LogP contribution in [0, 0.1) is 0 Å². The molecule has 104 valence electrons. The van der Waals surface area contributed by atoms with Crippen LogP contribution in [0.3, 0.4) is 0 Å². The molecule has 3 aromatic rings. The molecule has 0 bridgehead atoms. The Morgan fingerprint density at radius 2 is 2.15 bits per heavy atom. The quantitative estimate of drug-likeness (QED) is 0.775. The number of nitrogens with zero attached hydrogens (tertiary/aromatic N) is 1. The summed E-state index contributed by atoms with van der Waals surface area (Å²) in [5.74, 6) is 0.783. The highest BCUT2D eigenvalue weighted by atomic mass is 32.2. The number of H-pyrrole nitrogens is 1. The van der Waals surface area contributed by atoms with Gasteiger partial charge in [0.15, 0.2) is 5.82 Å². The summed E-state index contributed by atoms with van der Waals surface area (Å²) < 4.78 is 32.4. The van der Waals surface area contributed by atoms with Crippen molar-refractivity contribution >= 4 is 38.1 Å². The minimum atomic E-state index is -3.63. The van der Waals surface area contributed by atoms with Crippen LogP contribution in [0.2, 0.25) is 0 Å². The number of aromatic nitrogens is 2. The van der Waals surface area contributed by atoms with E-state index >= 15 is 0 Å². The predicted molar refractivity (Wildman–Crippen MR) is 77.8 cm³/mol. The van der Waals surface area contributed by atoms with E-state index in [9.17, 15) is 8.42 Å². The van der Waals surface area contributed by atoms with Gasteiger partial charge in [0.25, 0.3) is 10.0 Å². The van der Waals surface area contributed by atoms with E-state index in [4.69, 9.17) is 4.74 Å². The Kier molecular flexibility index (Phi) is 3.11. The number of hydrogen-bond acceptors (Lipinski definition) is 5. The maximum atomic E-state index is 12.2. The van der Waals surface area contributed by atoms with Crippen LogP contribution in [0.25, 0.3) is 10.9 Å². The average Bonchev–Trinajstić information content (AvgIpc) is 3.08. The molecule has 0 unspecified atom stereocenters. The predicted octanol–water partition coefficient (Wildman–Crippen LogP) is 2.43. The van der Waals surface area contributed by atoms with Gasteiger partial charge in [-0.05, 0) is 23.6 Å². The van der Waals surface area contributed by atoms with E-state index < -0.39 is 10.0 Å². The zero-order chi connectivity index (χ0) is 14.2. The van der Waals surface area contributed by atoms with Crippen molar-refractivity contribution in [2.24, 2.45) is 0 Å². The van der Waals surface area contributed by atoms with Gasteiger partial charge in [-0.2, -0.15) is 5.10 Å². The molecule has 0 fully saturated rings. The van der Waals surface area contributed by atoms with E-state index in [0.717, 1.165) is 11.3 Å². The van der Waals surface area contributed by atoms with Gasteiger partial charge >= 0.3 is 0 Å². The monoisotopic (exact) mass is 309 g/mol. The highest BCUT2D eigenvalue weighted by Crippen LogP contribution is 2.31. The maximum Gasteiger partial charge on any atom is 0.272 e. The summed E-state index contributed by atoms with van der Waals surface area (Å²) in [7, 11) is -2.10. The lowest BCUT2D eigenvalue weighted by Gasteiger charge is -2.05. The highest BCUT2D eigenvalue weighted by Gasteiger charge is 2.19. The Morgan fingerprint density at radius 3 is 2.85 bits per heavy atom. The van der Waals surface area contributed by atoms with Crippen molar-refractivity contribution in [1.29, 1.82) is 0 Å². The molecule has 2 heterocycles. The molecule has 0 saturated carbocycles. The van der Waals surface area contributed by atoms with Gasteiger partial charge in [-0.3, -0.25) is 9.82 Å². The molecular formula is C12H11N3O3S2. The Hall–Kier alpha value is -2.06. The number of fused-ring (bicyclic) bond motifs is 1. The van der Waals surface area contributed by atoms with Crippen molar-refractivity contribution in [2.45, 2.75) is 4.21 Å². The van der Waals surface area contributed by atoms with Crippen LogP contribution in [0.4, 0.5) is 5.82 Å². The number of benzene rings is 1. The molecule has 0 spiro atoms. The van der Waals surface area contributed by atoms with Crippen molar-refractivity contribution in [3.8, 4) is 5.75 Å². The molecule has 0 amide bonds. The minimum Gasteiger partial charge on any atom is -0.496 e. The van der Waals surface area contributed by atoms with Crippen molar-refractivity contribution in [3.05, 3.63) is 35.7 Å². The summed E-state index contributed by atoms with van der Waals surface area (Å²) in [4.78, 5) is 0. The second-order valence-electron chi connectivity index (χ2n) is 3.99. The third-order valence-corrected chi connectivity index (χ3v) is 5.50. The standard InChI is InChI=1S/C12H11N3O3S2/c1-18-9-5-2-4-8-11(9)12(14-13-8)15-20(16,17)10-6-3-7-19-10/h2-7H,1H3,(H2,13,14,15). The van der Waals surface area contributed by atoms with Crippen LogP contribution in [0.5, 0.6) is 5.75 Å². The molecule has 6 nitrogen and oxygen atoms in total. The van der Waals surface area contributed by atoms with Gasteiger partial charge < -0.3 is 4.74 Å². The van der Waals surface area contributed by atoms with Crippen LogP contribution < -0.4 is 9.46 Å². The molecule has 8 heteroatoms. The second kappa shape index (κ2) is 4.80. The van der Waals surface area contributed by atoms with Gasteiger partial charge in [0.2, 0.25) is 0 Å². The van der Waals surface area contributed by atoms with Gasteiger partial charge in [-0.15, -0.1) is 11.3 Å². The Balaban J connectivity index is 2.08. The number of thiophene rings is 1. The lowest BCUT2D eigenvalue weighted by molar-refractivity contribution is 0.420. The number of hydrogen-bond donors (Lipinski definition) is 2. The Labute approximate surface area is 119 Å². The smallest absolute Gasteiger partial charge is 0.272 e. The van der Waals surface area contributed by atoms with E-state index in [1.54, 1.807) is 35.7 Å². The number of aromatic amines is 1. The van der Waals surface area contributed by atoms with E-state index in [-0.39, 0.29) is 10.0 Å². The topological polar surface area (TPSA) is 84.1 Å². The lowest BCUT2D eigenvalue weighted by Crippen LogP contribution is -2.12. The number of methoxy groups -OCH3 is 1. The van der Waals surface area contributed by atoms with E-state index in [1.807, 2.05) is 0 Å². The summed E-state index contributed by atoms with van der Waals surface area (Å²) >= 11 is 1.15. The van der Waals surface area contributed by atoms with E-state index in [2.05, 4.69) is 14.9 Å². The number of ether oxygens (including phenoxy) is 1. The number of rotatable bonds is 4. The first kappa shape index (κ1) is 12.9. The molecule has 1 aromatic carbocycles. The lowest BCUT2D eigenvalue weighted by atomic mass is 10.2. The van der Waals surface area contributed by atoms with Gasteiger partial charge in [0, 0.05) is 0 Å². The van der Waals surface area contributed by atoms with Crippen molar-refractivity contribution in [1.82, 2.24) is 10.2 Å². The molecule has 2 N–H and O–H groups in total. The van der Waals surface area contributed by atoms with Crippen LogP contribution >= 0.6 is 11.3 Å². The third-order valence-electron chi connectivity index (χ3n) is 2.76. The Morgan fingerprint density at radius 1 is 1.30 bits per heavy atom. The van der Waals surface area contributed by atoms with Gasteiger partial charge in [-0.1, -0.05) is 12.1 Å². The third kappa shape index (κ3) is 2.12. The summed E-state index contributed by atoms with van der Waals surface area (Å²) in [6, 6.07) is 8.58. The fraction of sp³-hybridized carbons (Fsp3) is 0.0833. The zero-order valence-corrected chi connectivity index (χ0v) is 12.1. The molecule has 0 aliphatic heterocycles.